The summed E-state index contributed by atoms with van der Waals surface area (Å²) >= 11 is 0. The van der Waals surface area contributed by atoms with E-state index >= 15 is 0 Å². The number of anilines is 1. The molecule has 2 rings (SSSR count). The van der Waals surface area contributed by atoms with Gasteiger partial charge < -0.3 is 4.90 Å². The molecule has 1 aliphatic rings. The number of hydrogen-bond donors (Lipinski definition) is 0. The smallest absolute Gasteiger partial charge is 0.128 e. The topological polar surface area (TPSA) is 39.9 Å². The summed E-state index contributed by atoms with van der Waals surface area (Å²) in [5.74, 6) is 0.761. The maximum absolute atomic E-state index is 13.1. The van der Waals surface area contributed by atoms with Gasteiger partial charge >= 0.3 is 0 Å². The second-order valence-corrected chi connectivity index (χ2v) is 3.70. The van der Waals surface area contributed by atoms with E-state index in [9.17, 15) is 4.39 Å². The average molecular weight is 205 g/mol. The van der Waals surface area contributed by atoms with Crippen molar-refractivity contribution in [3.63, 3.8) is 0 Å². The highest BCUT2D eigenvalue weighted by atomic mass is 19.1. The Balaban J connectivity index is 2.12. The van der Waals surface area contributed by atoms with Crippen LogP contribution in [0.4, 0.5) is 10.2 Å². The van der Waals surface area contributed by atoms with Crippen molar-refractivity contribution in [2.45, 2.75) is 19.0 Å². The molecule has 1 aromatic heterocycles. The van der Waals surface area contributed by atoms with Crippen molar-refractivity contribution in [1.82, 2.24) is 4.98 Å². The molecule has 0 radical (unpaired) electrons. The van der Waals surface area contributed by atoms with Crippen LogP contribution in [0.25, 0.3) is 0 Å². The molecule has 0 amide bonds. The van der Waals surface area contributed by atoms with Crippen LogP contribution in [0.5, 0.6) is 0 Å². The number of halogens is 1. The molecular formula is C11H12FN3. The van der Waals surface area contributed by atoms with Crippen molar-refractivity contribution in [1.29, 1.82) is 5.26 Å². The van der Waals surface area contributed by atoms with Crippen LogP contribution in [0.3, 0.4) is 0 Å². The Morgan fingerprint density at radius 1 is 1.53 bits per heavy atom. The molecule has 1 aromatic rings. The summed E-state index contributed by atoms with van der Waals surface area (Å²) in [5, 5.41) is 8.62. The zero-order chi connectivity index (χ0) is 10.7. The lowest BCUT2D eigenvalue weighted by atomic mass is 10.1. The van der Waals surface area contributed by atoms with Crippen LogP contribution < -0.4 is 4.90 Å². The van der Waals surface area contributed by atoms with Gasteiger partial charge in [0.1, 0.15) is 18.1 Å². The maximum Gasteiger partial charge on any atom is 0.128 e. The van der Waals surface area contributed by atoms with Gasteiger partial charge in [-0.25, -0.2) is 9.37 Å². The van der Waals surface area contributed by atoms with Crippen molar-refractivity contribution in [2.24, 2.45) is 0 Å². The van der Waals surface area contributed by atoms with Gasteiger partial charge in [-0.1, -0.05) is 0 Å². The first-order valence-electron chi connectivity index (χ1n) is 5.05. The van der Waals surface area contributed by atoms with Crippen molar-refractivity contribution in [2.75, 3.05) is 18.0 Å². The predicted molar refractivity (Wildman–Crippen MR) is 55.3 cm³/mol. The predicted octanol–water partition coefficient (Wildman–Crippen LogP) is 1.89. The van der Waals surface area contributed by atoms with Crippen LogP contribution in [0.1, 0.15) is 18.4 Å². The number of alkyl halides is 1. The minimum Gasteiger partial charge on any atom is -0.354 e. The Morgan fingerprint density at radius 2 is 2.40 bits per heavy atom. The highest BCUT2D eigenvalue weighted by Crippen LogP contribution is 2.19. The van der Waals surface area contributed by atoms with Crippen molar-refractivity contribution in [3.05, 3.63) is 23.9 Å². The van der Waals surface area contributed by atoms with E-state index in [0.717, 1.165) is 18.8 Å². The molecule has 1 saturated heterocycles. The van der Waals surface area contributed by atoms with Gasteiger partial charge in [0.2, 0.25) is 0 Å². The summed E-state index contributed by atoms with van der Waals surface area (Å²) in [6.07, 6.45) is 2.28. The Morgan fingerprint density at radius 3 is 3.00 bits per heavy atom. The van der Waals surface area contributed by atoms with Crippen LogP contribution in [0.15, 0.2) is 18.3 Å². The first kappa shape index (κ1) is 9.91. The van der Waals surface area contributed by atoms with Gasteiger partial charge in [-0.3, -0.25) is 0 Å². The Hall–Kier alpha value is -1.63. The number of nitrogens with zero attached hydrogens (tertiary/aromatic N) is 3. The largest absolute Gasteiger partial charge is 0.354 e. The van der Waals surface area contributed by atoms with Gasteiger partial charge in [0, 0.05) is 12.7 Å². The minimum absolute atomic E-state index is 0.416. The first-order valence-corrected chi connectivity index (χ1v) is 5.05. The molecule has 0 aromatic carbocycles. The molecule has 0 bridgehead atoms. The van der Waals surface area contributed by atoms with E-state index in [1.165, 1.54) is 6.20 Å². The summed E-state index contributed by atoms with van der Waals surface area (Å²) in [6, 6.07) is 5.50. The van der Waals surface area contributed by atoms with E-state index in [4.69, 9.17) is 5.26 Å². The van der Waals surface area contributed by atoms with E-state index < -0.39 is 6.17 Å². The Bertz CT molecular complexity index is 368. The van der Waals surface area contributed by atoms with E-state index in [1.54, 1.807) is 12.1 Å². The molecular weight excluding hydrogens is 193 g/mol. The molecule has 15 heavy (non-hydrogen) atoms. The molecule has 0 spiro atoms. The zero-order valence-electron chi connectivity index (χ0n) is 8.36. The van der Waals surface area contributed by atoms with Crippen LogP contribution in [0.2, 0.25) is 0 Å². The SMILES string of the molecule is N#Cc1ccc(N2CCC[C@H](F)C2)nc1. The first-order chi connectivity index (χ1) is 7.29. The van der Waals surface area contributed by atoms with Crippen LogP contribution in [-0.4, -0.2) is 24.2 Å². The molecule has 0 N–H and O–H groups in total. The Kier molecular flexibility index (Phi) is 2.82. The number of aromatic nitrogens is 1. The lowest BCUT2D eigenvalue weighted by molar-refractivity contribution is 0.286. The van der Waals surface area contributed by atoms with E-state index in [1.807, 2.05) is 11.0 Å². The maximum atomic E-state index is 13.1. The van der Waals surface area contributed by atoms with Gasteiger partial charge in [0.05, 0.1) is 12.1 Å². The van der Waals surface area contributed by atoms with Gasteiger partial charge in [0.15, 0.2) is 0 Å². The lowest BCUT2D eigenvalue weighted by Gasteiger charge is -2.29. The van der Waals surface area contributed by atoms with Crippen LogP contribution in [-0.2, 0) is 0 Å². The highest BCUT2D eigenvalue weighted by molar-refractivity contribution is 5.42. The van der Waals surface area contributed by atoms with Gasteiger partial charge in [-0.2, -0.15) is 5.26 Å². The molecule has 0 unspecified atom stereocenters. The van der Waals surface area contributed by atoms with E-state index in [2.05, 4.69) is 4.98 Å². The fraction of sp³-hybridized carbons (Fsp3) is 0.455. The molecule has 1 atom stereocenters. The summed E-state index contributed by atoms with van der Waals surface area (Å²) in [7, 11) is 0. The van der Waals surface area contributed by atoms with Crippen LogP contribution in [0, 0.1) is 11.3 Å². The lowest BCUT2D eigenvalue weighted by Crippen LogP contribution is -2.36. The molecule has 4 heteroatoms. The molecule has 78 valence electrons. The minimum atomic E-state index is -0.754. The third-order valence-corrected chi connectivity index (χ3v) is 2.56. The van der Waals surface area contributed by atoms with Gasteiger partial charge in [0.25, 0.3) is 0 Å². The van der Waals surface area contributed by atoms with Gasteiger partial charge in [-0.15, -0.1) is 0 Å². The highest BCUT2D eigenvalue weighted by Gasteiger charge is 2.19. The second-order valence-electron chi connectivity index (χ2n) is 3.70. The quantitative estimate of drug-likeness (QED) is 0.702. The molecule has 0 aliphatic carbocycles. The second kappa shape index (κ2) is 4.26. The standard InChI is InChI=1S/C11H12FN3/c12-10-2-1-5-15(8-10)11-4-3-9(6-13)7-14-11/h3-4,7,10H,1-2,5,8H2/t10-/m0/s1. The van der Waals surface area contributed by atoms with Crippen molar-refractivity contribution >= 4 is 5.82 Å². The number of piperidine rings is 1. The Labute approximate surface area is 88.2 Å². The van der Waals surface area contributed by atoms with Crippen molar-refractivity contribution in [3.8, 4) is 6.07 Å². The molecule has 2 heterocycles. The summed E-state index contributed by atoms with van der Waals surface area (Å²) in [6.45, 7) is 1.26. The van der Waals surface area contributed by atoms with E-state index in [-0.39, 0.29) is 0 Å². The molecule has 0 saturated carbocycles. The van der Waals surface area contributed by atoms with Gasteiger partial charge in [-0.05, 0) is 25.0 Å². The average Bonchev–Trinajstić information content (AvgIpc) is 2.29. The fourth-order valence-electron chi connectivity index (χ4n) is 1.77. The number of nitriles is 1. The van der Waals surface area contributed by atoms with Crippen LogP contribution >= 0.6 is 0 Å². The number of hydrogen-bond acceptors (Lipinski definition) is 3. The molecule has 3 nitrogen and oxygen atoms in total. The zero-order valence-corrected chi connectivity index (χ0v) is 8.36. The van der Waals surface area contributed by atoms with Crippen molar-refractivity contribution < 1.29 is 4.39 Å². The monoisotopic (exact) mass is 205 g/mol. The molecule has 1 fully saturated rings. The fourth-order valence-corrected chi connectivity index (χ4v) is 1.77. The summed E-state index contributed by atoms with van der Waals surface area (Å²) < 4.78 is 13.1. The number of rotatable bonds is 1. The molecule has 1 aliphatic heterocycles. The third kappa shape index (κ3) is 2.24. The summed E-state index contributed by atoms with van der Waals surface area (Å²) in [5.41, 5.74) is 0.535. The van der Waals surface area contributed by atoms with E-state index in [0.29, 0.717) is 18.5 Å². The third-order valence-electron chi connectivity index (χ3n) is 2.56. The number of pyridine rings is 1. The summed E-state index contributed by atoms with van der Waals surface area (Å²) in [4.78, 5) is 6.07. The normalized spacial score (nSPS) is 21.1.